The number of likely N-dealkylation sites (N-methyl/N-ethyl adjacent to an activating group) is 1. The zero-order valence-corrected chi connectivity index (χ0v) is 30.3. The fourth-order valence-corrected chi connectivity index (χ4v) is 6.92. The fraction of sp³-hybridized carbons (Fsp3) is 0.275. The number of aromatic nitrogens is 2. The van der Waals surface area contributed by atoms with E-state index in [0.29, 0.717) is 16.8 Å². The number of H-pyrrole nitrogens is 1. The molecule has 56 heavy (non-hydrogen) atoms. The number of carbonyl (C=O) groups excluding carboxylic acids is 1. The van der Waals surface area contributed by atoms with Crippen molar-refractivity contribution in [3.05, 3.63) is 107 Å². The largest absolute Gasteiger partial charge is 0.508 e. The summed E-state index contributed by atoms with van der Waals surface area (Å²) in [5.74, 6) is -2.62. The Morgan fingerprint density at radius 1 is 1.04 bits per heavy atom. The number of aryl methyl sites for hydroxylation is 2. The molecule has 292 valence electrons. The summed E-state index contributed by atoms with van der Waals surface area (Å²) in [6.07, 6.45) is -2.23. The summed E-state index contributed by atoms with van der Waals surface area (Å²) in [5.41, 5.74) is 1.91. The van der Waals surface area contributed by atoms with Gasteiger partial charge in [0.1, 0.15) is 47.9 Å². The number of phenols is 1. The first-order chi connectivity index (χ1) is 26.8. The quantitative estimate of drug-likeness (QED) is 0.0701. The van der Waals surface area contributed by atoms with Crippen LogP contribution in [0.25, 0.3) is 44.3 Å². The first-order valence-corrected chi connectivity index (χ1v) is 17.5. The highest BCUT2D eigenvalue weighted by Gasteiger charge is 2.59. The predicted molar refractivity (Wildman–Crippen MR) is 200 cm³/mol. The Bertz CT molecular complexity index is 2450. The number of aromatic hydroxyl groups is 1. The SMILES string of the molecule is CNC(C(=O)O)C(=O)OCC1OC(Oc2ccc3c(=O)c(-c4ccc(O)cc4)coc3c2)C(On2cc3cc[nH]c3c2-c2cc(C)cc(C)c2)C(O)(CO)C1O. The van der Waals surface area contributed by atoms with Crippen LogP contribution in [-0.4, -0.2) is 104 Å². The number of carbonyl (C=O) groups is 2. The molecule has 7 N–H and O–H groups in total. The van der Waals surface area contributed by atoms with Crippen LogP contribution in [0.3, 0.4) is 0 Å². The van der Waals surface area contributed by atoms with Crippen molar-refractivity contribution in [2.45, 2.75) is 50.1 Å². The highest BCUT2D eigenvalue weighted by molar-refractivity contribution is 5.98. The average Bonchev–Trinajstić information content (AvgIpc) is 3.75. The lowest BCUT2D eigenvalue weighted by Crippen LogP contribution is -2.72. The molecule has 0 amide bonds. The van der Waals surface area contributed by atoms with Crippen molar-refractivity contribution in [2.75, 3.05) is 20.3 Å². The van der Waals surface area contributed by atoms with Crippen molar-refractivity contribution in [3.63, 3.8) is 0 Å². The van der Waals surface area contributed by atoms with Crippen molar-refractivity contribution in [2.24, 2.45) is 0 Å². The minimum absolute atomic E-state index is 0.0345. The molecule has 1 aliphatic rings. The van der Waals surface area contributed by atoms with Gasteiger partial charge in [0.2, 0.25) is 18.4 Å². The number of phenolic OH excluding ortho intramolecular Hbond substituents is 1. The van der Waals surface area contributed by atoms with E-state index in [4.69, 9.17) is 23.5 Å². The summed E-state index contributed by atoms with van der Waals surface area (Å²) in [6.45, 7) is 2.04. The molecular formula is C40H39N3O13. The molecule has 1 aliphatic heterocycles. The van der Waals surface area contributed by atoms with E-state index in [0.717, 1.165) is 22.1 Å². The van der Waals surface area contributed by atoms with Gasteiger partial charge in [0, 0.05) is 23.2 Å². The van der Waals surface area contributed by atoms with Crippen LogP contribution in [0, 0.1) is 13.8 Å². The summed E-state index contributed by atoms with van der Waals surface area (Å²) in [6, 6.07) is 16.3. The molecule has 0 saturated carbocycles. The van der Waals surface area contributed by atoms with Crippen molar-refractivity contribution >= 4 is 33.8 Å². The number of benzene rings is 3. The highest BCUT2D eigenvalue weighted by atomic mass is 16.8. The van der Waals surface area contributed by atoms with E-state index in [1.807, 2.05) is 38.1 Å². The van der Waals surface area contributed by atoms with Gasteiger partial charge in [-0.25, -0.2) is 9.59 Å². The minimum Gasteiger partial charge on any atom is -0.508 e. The summed E-state index contributed by atoms with van der Waals surface area (Å²) < 4.78 is 24.8. The standard InChI is InChI=1S/C40H39N3O13/c1-20-12-21(2)14-24(13-20)33-31-23(10-11-42-31)16-43(33)56-36-39(55-30(35(47)40(36,51)19-44)18-53-38(50)32(41-3)37(48)49)54-26-8-9-27-29(15-26)52-17-28(34(27)46)22-4-6-25(45)7-5-22/h4-17,30,32,35-36,39,41-42,44-45,47,51H,18-19H2,1-3H3,(H,48,49). The molecule has 6 aromatic rings. The highest BCUT2D eigenvalue weighted by Crippen LogP contribution is 2.36. The molecule has 0 bridgehead atoms. The second kappa shape index (κ2) is 15.2. The number of aromatic amines is 1. The summed E-state index contributed by atoms with van der Waals surface area (Å²) in [4.78, 5) is 47.3. The van der Waals surface area contributed by atoms with Gasteiger partial charge >= 0.3 is 11.9 Å². The summed E-state index contributed by atoms with van der Waals surface area (Å²) in [5, 5.41) is 56.7. The molecule has 6 atom stereocenters. The Hall–Kier alpha value is -6.17. The zero-order valence-electron chi connectivity index (χ0n) is 30.3. The summed E-state index contributed by atoms with van der Waals surface area (Å²) >= 11 is 0. The lowest BCUT2D eigenvalue weighted by molar-refractivity contribution is -0.328. The molecule has 7 rings (SSSR count). The molecular weight excluding hydrogens is 730 g/mol. The third-order valence-corrected chi connectivity index (χ3v) is 9.72. The van der Waals surface area contributed by atoms with Crippen LogP contribution in [0.15, 0.2) is 94.6 Å². The monoisotopic (exact) mass is 769 g/mol. The normalized spacial score (nSPS) is 21.5. The number of fused-ring (bicyclic) bond motifs is 2. The molecule has 4 heterocycles. The van der Waals surface area contributed by atoms with E-state index in [1.165, 1.54) is 48.4 Å². The number of aliphatic hydroxyl groups excluding tert-OH is 2. The molecule has 3 aromatic heterocycles. The number of aliphatic carboxylic acids is 1. The average molecular weight is 770 g/mol. The van der Waals surface area contributed by atoms with Crippen LogP contribution in [0.5, 0.6) is 11.5 Å². The van der Waals surface area contributed by atoms with Gasteiger partial charge in [0.25, 0.3) is 0 Å². The van der Waals surface area contributed by atoms with Gasteiger partial charge in [-0.2, -0.15) is 4.73 Å². The molecule has 0 spiro atoms. The van der Waals surface area contributed by atoms with E-state index in [-0.39, 0.29) is 33.5 Å². The van der Waals surface area contributed by atoms with Crippen molar-refractivity contribution in [1.82, 2.24) is 15.0 Å². The van der Waals surface area contributed by atoms with E-state index >= 15 is 0 Å². The van der Waals surface area contributed by atoms with Crippen molar-refractivity contribution in [3.8, 4) is 33.9 Å². The van der Waals surface area contributed by atoms with Crippen LogP contribution < -0.4 is 20.3 Å². The number of nitrogens with zero attached hydrogens (tertiary/aromatic N) is 1. The van der Waals surface area contributed by atoms with Gasteiger partial charge in [-0.3, -0.25) is 10.1 Å². The van der Waals surface area contributed by atoms with Gasteiger partial charge < -0.3 is 54.0 Å². The Morgan fingerprint density at radius 2 is 1.77 bits per heavy atom. The smallest absolute Gasteiger partial charge is 0.334 e. The second-order valence-electron chi connectivity index (χ2n) is 13.6. The maximum Gasteiger partial charge on any atom is 0.334 e. The molecule has 16 nitrogen and oxygen atoms in total. The van der Waals surface area contributed by atoms with Crippen molar-refractivity contribution < 1.29 is 58.6 Å². The predicted octanol–water partition coefficient (Wildman–Crippen LogP) is 2.63. The van der Waals surface area contributed by atoms with Gasteiger partial charge in [-0.05, 0) is 68.9 Å². The Labute approximate surface area is 318 Å². The maximum atomic E-state index is 13.5. The molecule has 0 aliphatic carbocycles. The first-order valence-electron chi connectivity index (χ1n) is 17.5. The minimum atomic E-state index is -2.55. The lowest BCUT2D eigenvalue weighted by atomic mass is 9.84. The number of aliphatic hydroxyl groups is 3. The molecule has 16 heteroatoms. The van der Waals surface area contributed by atoms with Crippen LogP contribution >= 0.6 is 0 Å². The molecule has 0 radical (unpaired) electrons. The Morgan fingerprint density at radius 3 is 2.45 bits per heavy atom. The van der Waals surface area contributed by atoms with Gasteiger partial charge in [-0.1, -0.05) is 29.3 Å². The number of hydrogen-bond acceptors (Lipinski definition) is 13. The third kappa shape index (κ3) is 7.07. The van der Waals surface area contributed by atoms with Crippen LogP contribution in [-0.2, 0) is 19.1 Å². The Kier molecular flexibility index (Phi) is 10.3. The fourth-order valence-electron chi connectivity index (χ4n) is 6.92. The molecule has 1 saturated heterocycles. The molecule has 3 aromatic carbocycles. The second-order valence-corrected chi connectivity index (χ2v) is 13.6. The van der Waals surface area contributed by atoms with Crippen LogP contribution in [0.2, 0.25) is 0 Å². The number of esters is 1. The van der Waals surface area contributed by atoms with E-state index < -0.39 is 61.4 Å². The van der Waals surface area contributed by atoms with E-state index in [2.05, 4.69) is 10.3 Å². The van der Waals surface area contributed by atoms with Gasteiger partial charge in [0.15, 0.2) is 11.0 Å². The number of rotatable bonds is 12. The number of hydrogen-bond donors (Lipinski definition) is 7. The molecule has 6 unspecified atom stereocenters. The van der Waals surface area contributed by atoms with Gasteiger partial charge in [-0.15, -0.1) is 0 Å². The van der Waals surface area contributed by atoms with Crippen LogP contribution in [0.4, 0.5) is 0 Å². The number of carboxylic acids is 1. The van der Waals surface area contributed by atoms with E-state index in [1.54, 1.807) is 24.5 Å². The van der Waals surface area contributed by atoms with Gasteiger partial charge in [0.05, 0.1) is 29.3 Å². The van der Waals surface area contributed by atoms with Crippen LogP contribution in [0.1, 0.15) is 11.1 Å². The summed E-state index contributed by atoms with van der Waals surface area (Å²) in [7, 11) is 1.25. The first kappa shape index (κ1) is 38.1. The zero-order chi connectivity index (χ0) is 39.9. The van der Waals surface area contributed by atoms with E-state index in [9.17, 15) is 39.9 Å². The maximum absolute atomic E-state index is 13.5. The van der Waals surface area contributed by atoms with Crippen molar-refractivity contribution in [1.29, 1.82) is 0 Å². The Balaban J connectivity index is 1.27. The number of carboxylic acid groups (broad SMARTS) is 1. The molecule has 1 fully saturated rings. The topological polar surface area (TPSA) is 235 Å². The lowest BCUT2D eigenvalue weighted by Gasteiger charge is -2.48. The third-order valence-electron chi connectivity index (χ3n) is 9.72. The number of nitrogens with one attached hydrogen (secondary N) is 2. The number of ether oxygens (including phenoxy) is 3.